The Morgan fingerprint density at radius 2 is 2.20 bits per heavy atom. The van der Waals surface area contributed by atoms with Crippen LogP contribution in [-0.2, 0) is 9.59 Å². The number of aryl methyl sites for hydroxylation is 1. The summed E-state index contributed by atoms with van der Waals surface area (Å²) in [6.45, 7) is 3.19. The van der Waals surface area contributed by atoms with Gasteiger partial charge >= 0.3 is 5.97 Å². The van der Waals surface area contributed by atoms with Crippen LogP contribution in [0.1, 0.15) is 34.9 Å². The average Bonchev–Trinajstić information content (AvgIpc) is 3.13. The Hall–Kier alpha value is -1.36. The lowest BCUT2D eigenvalue weighted by atomic mass is 9.98. The van der Waals surface area contributed by atoms with Gasteiger partial charge in [0.25, 0.3) is 0 Å². The second-order valence-electron chi connectivity index (χ2n) is 5.86. The molecule has 1 aromatic heterocycles. The third kappa shape index (κ3) is 2.59. The Kier molecular flexibility index (Phi) is 3.54. The van der Waals surface area contributed by atoms with E-state index in [0.29, 0.717) is 18.9 Å². The van der Waals surface area contributed by atoms with Crippen molar-refractivity contribution in [2.75, 3.05) is 13.1 Å². The second-order valence-corrected chi connectivity index (χ2v) is 7.18. The number of likely N-dealkylation sites (tertiary alicyclic amines) is 1. The van der Waals surface area contributed by atoms with Gasteiger partial charge in [0.2, 0.25) is 5.91 Å². The molecule has 5 heteroatoms. The number of hydrogen-bond donors (Lipinski definition) is 1. The van der Waals surface area contributed by atoms with E-state index in [2.05, 4.69) is 19.1 Å². The van der Waals surface area contributed by atoms with Gasteiger partial charge in [0, 0.05) is 34.7 Å². The highest BCUT2D eigenvalue weighted by Crippen LogP contribution is 2.50. The van der Waals surface area contributed by atoms with Crippen molar-refractivity contribution in [3.05, 3.63) is 21.9 Å². The van der Waals surface area contributed by atoms with Gasteiger partial charge in [0.1, 0.15) is 0 Å². The van der Waals surface area contributed by atoms with E-state index >= 15 is 0 Å². The molecule has 20 heavy (non-hydrogen) atoms. The fourth-order valence-corrected chi connectivity index (χ4v) is 4.10. The first-order chi connectivity index (χ1) is 9.56. The molecule has 1 aromatic rings. The Morgan fingerprint density at radius 1 is 1.40 bits per heavy atom. The molecule has 1 aliphatic carbocycles. The summed E-state index contributed by atoms with van der Waals surface area (Å²) >= 11 is 1.77. The molecule has 1 aliphatic heterocycles. The number of amides is 1. The number of carbonyl (C=O) groups excluding carboxylic acids is 1. The predicted molar refractivity (Wildman–Crippen MR) is 76.8 cm³/mol. The van der Waals surface area contributed by atoms with Crippen molar-refractivity contribution in [1.29, 1.82) is 0 Å². The molecular formula is C15H19NO3S. The molecule has 2 aliphatic rings. The van der Waals surface area contributed by atoms with E-state index in [0.717, 1.165) is 19.4 Å². The smallest absolute Gasteiger partial charge is 0.308 e. The molecule has 3 rings (SSSR count). The molecule has 1 saturated carbocycles. The van der Waals surface area contributed by atoms with E-state index < -0.39 is 5.97 Å². The number of carboxylic acid groups (broad SMARTS) is 1. The lowest BCUT2D eigenvalue weighted by molar-refractivity contribution is -0.146. The van der Waals surface area contributed by atoms with E-state index in [9.17, 15) is 9.59 Å². The number of piperidine rings is 1. The first-order valence-electron chi connectivity index (χ1n) is 7.14. The van der Waals surface area contributed by atoms with E-state index in [1.807, 2.05) is 0 Å². The van der Waals surface area contributed by atoms with Gasteiger partial charge < -0.3 is 10.0 Å². The molecule has 2 heterocycles. The number of hydrogen-bond acceptors (Lipinski definition) is 3. The Bertz CT molecular complexity index is 539. The number of rotatable bonds is 3. The van der Waals surface area contributed by atoms with Crippen LogP contribution in [-0.4, -0.2) is 35.0 Å². The minimum atomic E-state index is -0.774. The summed E-state index contributed by atoms with van der Waals surface area (Å²) in [5.74, 6) is -0.545. The Balaban J connectivity index is 1.61. The summed E-state index contributed by atoms with van der Waals surface area (Å²) in [5.41, 5.74) is 0. The third-order valence-electron chi connectivity index (χ3n) is 4.32. The zero-order chi connectivity index (χ0) is 14.3. The molecule has 1 N–H and O–H groups in total. The predicted octanol–water partition coefficient (Wildman–Crippen LogP) is 2.48. The van der Waals surface area contributed by atoms with Gasteiger partial charge in [-0.3, -0.25) is 9.59 Å². The largest absolute Gasteiger partial charge is 0.481 e. The summed E-state index contributed by atoms with van der Waals surface area (Å²) in [5, 5.41) is 9.09. The number of nitrogens with zero attached hydrogens (tertiary/aromatic N) is 1. The number of carboxylic acids is 1. The monoisotopic (exact) mass is 293 g/mol. The molecule has 3 atom stereocenters. The van der Waals surface area contributed by atoms with Gasteiger partial charge in [-0.2, -0.15) is 0 Å². The maximum absolute atomic E-state index is 12.5. The fourth-order valence-electron chi connectivity index (χ4n) is 3.05. The molecule has 4 nitrogen and oxygen atoms in total. The Labute approximate surface area is 122 Å². The number of thiophene rings is 1. The van der Waals surface area contributed by atoms with Crippen LogP contribution in [0.3, 0.4) is 0 Å². The quantitative estimate of drug-likeness (QED) is 0.931. The highest BCUT2D eigenvalue weighted by atomic mass is 32.1. The van der Waals surface area contributed by atoms with Crippen LogP contribution < -0.4 is 0 Å². The average molecular weight is 293 g/mol. The fraction of sp³-hybridized carbons (Fsp3) is 0.600. The van der Waals surface area contributed by atoms with Gasteiger partial charge in [-0.05, 0) is 38.3 Å². The van der Waals surface area contributed by atoms with Crippen molar-refractivity contribution in [3.63, 3.8) is 0 Å². The van der Waals surface area contributed by atoms with Crippen LogP contribution in [0.25, 0.3) is 0 Å². The summed E-state index contributed by atoms with van der Waals surface area (Å²) in [6.07, 6.45) is 2.42. The minimum absolute atomic E-state index is 0.0839. The number of carbonyl (C=O) groups is 2. The lowest BCUT2D eigenvalue weighted by Gasteiger charge is -2.31. The van der Waals surface area contributed by atoms with E-state index in [1.54, 1.807) is 16.2 Å². The SMILES string of the molecule is Cc1ccc([C@@H]2C[C@@H]2C(=O)N2CCC[C@H](C(=O)O)C2)s1. The zero-order valence-electron chi connectivity index (χ0n) is 11.5. The lowest BCUT2D eigenvalue weighted by Crippen LogP contribution is -2.43. The number of aliphatic carboxylic acids is 1. The molecule has 0 radical (unpaired) electrons. The van der Waals surface area contributed by atoms with Gasteiger partial charge in [0.15, 0.2) is 0 Å². The minimum Gasteiger partial charge on any atom is -0.481 e. The first-order valence-corrected chi connectivity index (χ1v) is 7.96. The molecule has 0 unspecified atom stereocenters. The highest BCUT2D eigenvalue weighted by Gasteiger charge is 2.47. The Morgan fingerprint density at radius 3 is 2.85 bits per heavy atom. The molecule has 0 aromatic carbocycles. The third-order valence-corrected chi connectivity index (χ3v) is 5.45. The van der Waals surface area contributed by atoms with Gasteiger partial charge in [0.05, 0.1) is 5.92 Å². The van der Waals surface area contributed by atoms with Crippen LogP contribution in [0.4, 0.5) is 0 Å². The van der Waals surface area contributed by atoms with Crippen LogP contribution in [0.2, 0.25) is 0 Å². The normalized spacial score (nSPS) is 29.2. The van der Waals surface area contributed by atoms with E-state index in [-0.39, 0.29) is 17.7 Å². The molecular weight excluding hydrogens is 274 g/mol. The van der Waals surface area contributed by atoms with Crippen molar-refractivity contribution in [1.82, 2.24) is 4.90 Å². The molecule has 1 saturated heterocycles. The summed E-state index contributed by atoms with van der Waals surface area (Å²) in [7, 11) is 0. The highest BCUT2D eigenvalue weighted by molar-refractivity contribution is 7.12. The maximum atomic E-state index is 12.5. The van der Waals surface area contributed by atoms with Gasteiger partial charge in [-0.15, -0.1) is 11.3 Å². The summed E-state index contributed by atoms with van der Waals surface area (Å²) in [6, 6.07) is 4.22. The van der Waals surface area contributed by atoms with E-state index in [1.165, 1.54) is 9.75 Å². The zero-order valence-corrected chi connectivity index (χ0v) is 12.4. The van der Waals surface area contributed by atoms with Crippen LogP contribution in [0.5, 0.6) is 0 Å². The first kappa shape index (κ1) is 13.6. The molecule has 1 amide bonds. The van der Waals surface area contributed by atoms with Crippen LogP contribution >= 0.6 is 11.3 Å². The molecule has 0 spiro atoms. The van der Waals surface area contributed by atoms with Gasteiger partial charge in [-0.1, -0.05) is 0 Å². The molecule has 2 fully saturated rings. The second kappa shape index (κ2) is 5.20. The van der Waals surface area contributed by atoms with Crippen molar-refractivity contribution in [3.8, 4) is 0 Å². The molecule has 0 bridgehead atoms. The van der Waals surface area contributed by atoms with Crippen molar-refractivity contribution >= 4 is 23.2 Å². The van der Waals surface area contributed by atoms with Crippen LogP contribution in [0, 0.1) is 18.8 Å². The standard InChI is InChI=1S/C15H19NO3S/c1-9-4-5-13(20-9)11-7-12(11)14(17)16-6-2-3-10(8-16)15(18)19/h4-5,10-12H,2-3,6-8H2,1H3,(H,18,19)/t10-,11+,12-/m0/s1. The summed E-state index contributed by atoms with van der Waals surface area (Å²) in [4.78, 5) is 27.9. The van der Waals surface area contributed by atoms with E-state index in [4.69, 9.17) is 5.11 Å². The summed E-state index contributed by atoms with van der Waals surface area (Å²) < 4.78 is 0. The van der Waals surface area contributed by atoms with Gasteiger partial charge in [-0.25, -0.2) is 0 Å². The maximum Gasteiger partial charge on any atom is 0.308 e. The van der Waals surface area contributed by atoms with Crippen molar-refractivity contribution in [2.24, 2.45) is 11.8 Å². The van der Waals surface area contributed by atoms with Crippen molar-refractivity contribution < 1.29 is 14.7 Å². The van der Waals surface area contributed by atoms with Crippen molar-refractivity contribution in [2.45, 2.75) is 32.1 Å². The molecule has 108 valence electrons. The van der Waals surface area contributed by atoms with Crippen LogP contribution in [0.15, 0.2) is 12.1 Å². The topological polar surface area (TPSA) is 57.6 Å².